The van der Waals surface area contributed by atoms with Crippen molar-refractivity contribution in [3.05, 3.63) is 0 Å². The molecule has 0 aromatic heterocycles. The summed E-state index contributed by atoms with van der Waals surface area (Å²) in [6.07, 6.45) is 0.615. The summed E-state index contributed by atoms with van der Waals surface area (Å²) >= 11 is 17.8. The highest BCUT2D eigenvalue weighted by Crippen LogP contribution is 2.50. The number of esters is 1. The summed E-state index contributed by atoms with van der Waals surface area (Å²) in [7, 11) is 0. The van der Waals surface area contributed by atoms with E-state index in [-0.39, 0.29) is 6.42 Å². The molecule has 0 radical (unpaired) electrons. The Morgan fingerprint density at radius 3 is 2.25 bits per heavy atom. The lowest BCUT2D eigenvalue weighted by Gasteiger charge is -2.34. The maximum absolute atomic E-state index is 11.9. The van der Waals surface area contributed by atoms with Gasteiger partial charge in [0.1, 0.15) is 5.60 Å². The zero-order valence-electron chi connectivity index (χ0n) is 9.39. The van der Waals surface area contributed by atoms with E-state index in [2.05, 4.69) is 0 Å². The van der Waals surface area contributed by atoms with Crippen molar-refractivity contribution in [2.45, 2.75) is 54.5 Å². The molecule has 0 spiro atoms. The van der Waals surface area contributed by atoms with Crippen LogP contribution < -0.4 is 0 Å². The van der Waals surface area contributed by atoms with Gasteiger partial charge in [-0.3, -0.25) is 0 Å². The largest absolute Gasteiger partial charge is 0.458 e. The summed E-state index contributed by atoms with van der Waals surface area (Å²) in [6, 6.07) is 0. The molecule has 1 N–H and O–H groups in total. The van der Waals surface area contributed by atoms with Crippen molar-refractivity contribution in [2.24, 2.45) is 0 Å². The number of ether oxygens (including phenoxy) is 1. The van der Waals surface area contributed by atoms with Gasteiger partial charge in [-0.2, -0.15) is 0 Å². The highest BCUT2D eigenvalue weighted by Gasteiger charge is 2.64. The van der Waals surface area contributed by atoms with E-state index in [0.29, 0.717) is 6.42 Å². The summed E-state index contributed by atoms with van der Waals surface area (Å²) in [5, 5.41) is 9.41. The Hall–Kier alpha value is 0.300. The van der Waals surface area contributed by atoms with Gasteiger partial charge < -0.3 is 9.84 Å². The van der Waals surface area contributed by atoms with E-state index < -0.39 is 26.9 Å². The molecule has 3 nitrogen and oxygen atoms in total. The quantitative estimate of drug-likeness (QED) is 0.596. The molecule has 1 aliphatic rings. The average molecular weight is 290 g/mol. The van der Waals surface area contributed by atoms with Gasteiger partial charge in [0, 0.05) is 0 Å². The minimum atomic E-state index is -2.05. The monoisotopic (exact) mass is 288 g/mol. The van der Waals surface area contributed by atoms with Gasteiger partial charge in [-0.05, 0) is 33.6 Å². The molecule has 0 saturated heterocycles. The SMILES string of the molecule is CC(C)(C)OC(=O)C1(O)C(Cl)CCC1(Cl)Cl. The minimum Gasteiger partial charge on any atom is -0.458 e. The zero-order chi connectivity index (χ0) is 12.8. The number of carbonyl (C=O) groups excluding carboxylic acids is 1. The molecular weight excluding hydrogens is 274 g/mol. The van der Waals surface area contributed by atoms with E-state index in [1.807, 2.05) is 0 Å². The van der Waals surface area contributed by atoms with Gasteiger partial charge >= 0.3 is 5.97 Å². The number of carbonyl (C=O) groups is 1. The van der Waals surface area contributed by atoms with Crippen molar-refractivity contribution < 1.29 is 14.6 Å². The second-order valence-corrected chi connectivity index (χ2v) is 6.99. The zero-order valence-corrected chi connectivity index (χ0v) is 11.7. The topological polar surface area (TPSA) is 46.5 Å². The molecule has 0 aromatic rings. The molecule has 0 bridgehead atoms. The van der Waals surface area contributed by atoms with Gasteiger partial charge in [0.15, 0.2) is 4.33 Å². The third-order valence-corrected chi connectivity index (χ3v) is 3.92. The molecule has 16 heavy (non-hydrogen) atoms. The van der Waals surface area contributed by atoms with E-state index in [4.69, 9.17) is 39.5 Å². The summed E-state index contributed by atoms with van der Waals surface area (Å²) in [5.41, 5.74) is -2.78. The highest BCUT2D eigenvalue weighted by atomic mass is 35.5. The number of rotatable bonds is 1. The van der Waals surface area contributed by atoms with Crippen LogP contribution in [0.2, 0.25) is 0 Å². The molecule has 94 valence electrons. The van der Waals surface area contributed by atoms with Gasteiger partial charge in [-0.25, -0.2) is 4.79 Å². The predicted octanol–water partition coefficient (Wildman–Crippen LogP) is 2.63. The third kappa shape index (κ3) is 2.42. The minimum absolute atomic E-state index is 0.250. The van der Waals surface area contributed by atoms with Crippen LogP contribution in [-0.2, 0) is 9.53 Å². The fourth-order valence-electron chi connectivity index (χ4n) is 1.57. The van der Waals surface area contributed by atoms with Crippen LogP contribution in [0.15, 0.2) is 0 Å². The predicted molar refractivity (Wildman–Crippen MR) is 64.1 cm³/mol. The van der Waals surface area contributed by atoms with Crippen LogP contribution in [-0.4, -0.2) is 32.0 Å². The molecule has 1 aliphatic carbocycles. The molecule has 1 fully saturated rings. The standard InChI is InChI=1S/C10H15Cl3O3/c1-8(2,3)16-7(14)10(15)6(11)4-5-9(10,12)13/h6,15H,4-5H2,1-3H3. The van der Waals surface area contributed by atoms with Crippen molar-refractivity contribution in [1.82, 2.24) is 0 Å². The lowest BCUT2D eigenvalue weighted by molar-refractivity contribution is -0.176. The van der Waals surface area contributed by atoms with Gasteiger partial charge in [0.25, 0.3) is 0 Å². The Bertz CT molecular complexity index is 298. The van der Waals surface area contributed by atoms with Crippen molar-refractivity contribution in [2.75, 3.05) is 0 Å². The fraction of sp³-hybridized carbons (Fsp3) is 0.900. The summed E-state index contributed by atoms with van der Waals surface area (Å²) in [5.74, 6) is -0.873. The third-order valence-electron chi connectivity index (χ3n) is 2.43. The van der Waals surface area contributed by atoms with E-state index in [9.17, 15) is 9.90 Å². The van der Waals surface area contributed by atoms with Crippen molar-refractivity contribution in [3.8, 4) is 0 Å². The Labute approximate surface area is 110 Å². The Morgan fingerprint density at radius 1 is 1.44 bits per heavy atom. The smallest absolute Gasteiger partial charge is 0.343 e. The molecule has 1 saturated carbocycles. The van der Waals surface area contributed by atoms with Gasteiger partial charge in [0.2, 0.25) is 5.60 Å². The first kappa shape index (κ1) is 14.4. The molecule has 0 aromatic carbocycles. The van der Waals surface area contributed by atoms with Crippen LogP contribution in [0, 0.1) is 0 Å². The number of hydrogen-bond acceptors (Lipinski definition) is 3. The van der Waals surface area contributed by atoms with Gasteiger partial charge in [-0.15, -0.1) is 11.6 Å². The normalized spacial score (nSPS) is 33.8. The van der Waals surface area contributed by atoms with Crippen LogP contribution in [0.25, 0.3) is 0 Å². The first-order chi connectivity index (χ1) is 7.01. The van der Waals surface area contributed by atoms with E-state index in [0.717, 1.165) is 0 Å². The van der Waals surface area contributed by atoms with Gasteiger partial charge in [0.05, 0.1) is 5.38 Å². The van der Waals surface area contributed by atoms with Crippen LogP contribution >= 0.6 is 34.8 Å². The molecule has 2 atom stereocenters. The first-order valence-electron chi connectivity index (χ1n) is 4.98. The lowest BCUT2D eigenvalue weighted by atomic mass is 10.0. The Kier molecular flexibility index (Phi) is 3.77. The molecule has 6 heteroatoms. The Balaban J connectivity index is 2.96. The van der Waals surface area contributed by atoms with Crippen LogP contribution in [0.1, 0.15) is 33.6 Å². The van der Waals surface area contributed by atoms with Crippen molar-refractivity contribution in [3.63, 3.8) is 0 Å². The van der Waals surface area contributed by atoms with E-state index in [1.165, 1.54) is 0 Å². The highest BCUT2D eigenvalue weighted by molar-refractivity contribution is 6.51. The molecule has 2 unspecified atom stereocenters. The second-order valence-electron chi connectivity index (χ2n) is 4.98. The second kappa shape index (κ2) is 4.20. The molecular formula is C10H15Cl3O3. The van der Waals surface area contributed by atoms with Crippen molar-refractivity contribution >= 4 is 40.8 Å². The van der Waals surface area contributed by atoms with E-state index in [1.54, 1.807) is 20.8 Å². The maximum atomic E-state index is 11.9. The number of halogens is 3. The molecule has 0 heterocycles. The average Bonchev–Trinajstić information content (AvgIpc) is 2.27. The molecule has 0 amide bonds. The van der Waals surface area contributed by atoms with Crippen LogP contribution in [0.5, 0.6) is 0 Å². The number of hydrogen-bond donors (Lipinski definition) is 1. The molecule has 0 aliphatic heterocycles. The maximum Gasteiger partial charge on any atom is 0.343 e. The van der Waals surface area contributed by atoms with E-state index >= 15 is 0 Å². The van der Waals surface area contributed by atoms with Crippen LogP contribution in [0.3, 0.4) is 0 Å². The first-order valence-corrected chi connectivity index (χ1v) is 6.18. The van der Waals surface area contributed by atoms with Crippen molar-refractivity contribution in [1.29, 1.82) is 0 Å². The molecule has 1 rings (SSSR count). The van der Waals surface area contributed by atoms with Gasteiger partial charge in [-0.1, -0.05) is 23.2 Å². The van der Waals surface area contributed by atoms with Crippen LogP contribution in [0.4, 0.5) is 0 Å². The summed E-state index contributed by atoms with van der Waals surface area (Å²) in [6.45, 7) is 5.07. The number of alkyl halides is 3. The fourth-order valence-corrected chi connectivity index (χ4v) is 2.70. The number of aliphatic hydroxyl groups is 1. The summed E-state index contributed by atoms with van der Waals surface area (Å²) in [4.78, 5) is 11.9. The summed E-state index contributed by atoms with van der Waals surface area (Å²) < 4.78 is 3.49. The Morgan fingerprint density at radius 2 is 1.94 bits per heavy atom. The lowest BCUT2D eigenvalue weighted by Crippen LogP contribution is -2.56.